The standard InChI is InChI=1S/2C5H5.C4H9O.ClH.Ti/c2*1-2-4-5-3-1;1-2-3-4-5;;/h2*1-3H,4H2;2-4H2,1H3;1H;/q;;-1;;+1. The average molecular weight is 288 g/mol. The largest absolute Gasteiger partial charge is 0.147 e. The van der Waals surface area contributed by atoms with Crippen LogP contribution < -0.4 is 0 Å². The van der Waals surface area contributed by atoms with Crippen molar-refractivity contribution in [3.8, 4) is 0 Å². The molecule has 1 nitrogen and oxygen atoms in total. The Hall–Kier alpha value is -0.0757. The summed E-state index contributed by atoms with van der Waals surface area (Å²) in [6.45, 7) is 3.16. The minimum atomic E-state index is -1.57. The Morgan fingerprint density at radius 3 is 2.12 bits per heavy atom. The molecule has 0 unspecified atom stereocenters. The zero-order valence-electron chi connectivity index (χ0n) is 10.3. The van der Waals surface area contributed by atoms with E-state index in [0.717, 1.165) is 19.4 Å². The van der Waals surface area contributed by atoms with E-state index in [1.54, 1.807) is 7.76 Å². The molecule has 0 aromatic carbocycles. The maximum Gasteiger partial charge on any atom is -0.147 e. The molecule has 0 saturated heterocycles. The molecule has 2 aliphatic rings. The van der Waals surface area contributed by atoms with Gasteiger partial charge in [-0.25, -0.2) is 0 Å². The number of hydrogen-bond donors (Lipinski definition) is 0. The molecular formula is C14H20ClOTi. The summed E-state index contributed by atoms with van der Waals surface area (Å²) in [6.07, 6.45) is 18.1. The van der Waals surface area contributed by atoms with Crippen LogP contribution in [-0.4, -0.2) is 6.61 Å². The van der Waals surface area contributed by atoms with Gasteiger partial charge in [-0.2, -0.15) is 0 Å². The van der Waals surface area contributed by atoms with Gasteiger partial charge in [0, 0.05) is 0 Å². The molecule has 2 aliphatic carbocycles. The molecule has 0 saturated carbocycles. The molecule has 0 spiro atoms. The smallest absolute Gasteiger partial charge is 0.147 e. The van der Waals surface area contributed by atoms with Crippen molar-refractivity contribution in [2.24, 2.45) is 0 Å². The first-order valence-corrected chi connectivity index (χ1v) is 8.33. The number of unbranched alkanes of at least 4 members (excludes halogenated alkanes) is 1. The maximum atomic E-state index is 6.20. The fourth-order valence-electron chi connectivity index (χ4n) is 1.94. The fraction of sp³-hybridized carbons (Fsp3) is 0.429. The van der Waals surface area contributed by atoms with Crippen LogP contribution in [0, 0.1) is 0 Å². The molecule has 0 radical (unpaired) electrons. The molecule has 0 aromatic heterocycles. The summed E-state index contributed by atoms with van der Waals surface area (Å²) < 4.78 is 9.35. The molecule has 0 heterocycles. The molecule has 0 atom stereocenters. The Morgan fingerprint density at radius 1 is 1.12 bits per heavy atom. The number of allylic oxidation sites excluding steroid dienone is 8. The van der Waals surface area contributed by atoms with Gasteiger partial charge in [0.25, 0.3) is 0 Å². The zero-order valence-corrected chi connectivity index (χ0v) is 12.7. The molecule has 3 heteroatoms. The van der Waals surface area contributed by atoms with E-state index in [0.29, 0.717) is 0 Å². The monoisotopic (exact) mass is 287 g/mol. The van der Waals surface area contributed by atoms with Gasteiger partial charge in [-0.1, -0.05) is 0 Å². The Kier molecular flexibility index (Phi) is 7.14. The van der Waals surface area contributed by atoms with Crippen molar-refractivity contribution < 1.29 is 21.6 Å². The van der Waals surface area contributed by atoms with E-state index in [2.05, 4.69) is 43.4 Å². The summed E-state index contributed by atoms with van der Waals surface area (Å²) in [7, 11) is 0. The van der Waals surface area contributed by atoms with Crippen molar-refractivity contribution in [1.82, 2.24) is 0 Å². The molecule has 0 bridgehead atoms. The van der Waals surface area contributed by atoms with Gasteiger partial charge in [0.15, 0.2) is 0 Å². The van der Waals surface area contributed by atoms with Crippen LogP contribution in [0.3, 0.4) is 0 Å². The summed E-state index contributed by atoms with van der Waals surface area (Å²) in [5.74, 6) is 0. The van der Waals surface area contributed by atoms with Gasteiger partial charge in [0.05, 0.1) is 0 Å². The molecule has 0 amide bonds. The van der Waals surface area contributed by atoms with Gasteiger partial charge >= 0.3 is 105 Å². The fourth-order valence-corrected chi connectivity index (χ4v) is 5.43. The van der Waals surface area contributed by atoms with Crippen LogP contribution in [0.15, 0.2) is 44.2 Å². The van der Waals surface area contributed by atoms with Crippen LogP contribution in [0.5, 0.6) is 0 Å². The summed E-state index contributed by atoms with van der Waals surface area (Å²) >= 11 is -1.57. The van der Waals surface area contributed by atoms with Gasteiger partial charge in [-0.05, 0) is 0 Å². The van der Waals surface area contributed by atoms with Crippen LogP contribution in [0.25, 0.3) is 0 Å². The van der Waals surface area contributed by atoms with E-state index < -0.39 is 18.3 Å². The van der Waals surface area contributed by atoms with Gasteiger partial charge in [-0.15, -0.1) is 12.4 Å². The quantitative estimate of drug-likeness (QED) is 0.518. The third-order valence-electron chi connectivity index (χ3n) is 2.87. The van der Waals surface area contributed by atoms with Crippen LogP contribution in [-0.2, 0) is 21.6 Å². The van der Waals surface area contributed by atoms with Gasteiger partial charge in [0.1, 0.15) is 0 Å². The second kappa shape index (κ2) is 8.10. The van der Waals surface area contributed by atoms with Gasteiger partial charge < -0.3 is 0 Å². The molecule has 0 N–H and O–H groups in total. The predicted molar refractivity (Wildman–Crippen MR) is 71.8 cm³/mol. The normalized spacial score (nSPS) is 16.8. The second-order valence-electron chi connectivity index (χ2n) is 4.18. The Labute approximate surface area is 117 Å². The summed E-state index contributed by atoms with van der Waals surface area (Å²) in [5, 5.41) is 0. The van der Waals surface area contributed by atoms with Crippen LogP contribution in [0.4, 0.5) is 0 Å². The summed E-state index contributed by atoms with van der Waals surface area (Å²) in [4.78, 5) is 0. The SMILES string of the molecule is CCCC[O][Ti]([C]1=CC=CC1)[C]1=CC=CC1.Cl. The van der Waals surface area contributed by atoms with E-state index in [4.69, 9.17) is 3.32 Å². The van der Waals surface area contributed by atoms with Crippen molar-refractivity contribution >= 4 is 12.4 Å². The molecular weight excluding hydrogens is 267 g/mol. The zero-order chi connectivity index (χ0) is 11.2. The topological polar surface area (TPSA) is 9.23 Å². The van der Waals surface area contributed by atoms with E-state index in [-0.39, 0.29) is 12.4 Å². The minimum Gasteiger partial charge on any atom is -0.147 e. The number of rotatable bonds is 6. The number of hydrogen-bond acceptors (Lipinski definition) is 1. The summed E-state index contributed by atoms with van der Waals surface area (Å²) in [6, 6.07) is 0. The van der Waals surface area contributed by atoms with E-state index >= 15 is 0 Å². The van der Waals surface area contributed by atoms with E-state index in [1.807, 2.05) is 0 Å². The Balaban J connectivity index is 0.00000144. The van der Waals surface area contributed by atoms with E-state index in [9.17, 15) is 0 Å². The van der Waals surface area contributed by atoms with Crippen molar-refractivity contribution in [2.45, 2.75) is 32.6 Å². The first-order chi connectivity index (χ1) is 7.92. The predicted octanol–water partition coefficient (Wildman–Crippen LogP) is 4.45. The van der Waals surface area contributed by atoms with Crippen LogP contribution in [0.1, 0.15) is 32.6 Å². The second-order valence-corrected chi connectivity index (χ2v) is 7.66. The van der Waals surface area contributed by atoms with Crippen molar-refractivity contribution in [3.63, 3.8) is 0 Å². The summed E-state index contributed by atoms with van der Waals surface area (Å²) in [5.41, 5.74) is 0. The first kappa shape index (κ1) is 15.0. The maximum absolute atomic E-state index is 6.20. The third-order valence-corrected chi connectivity index (χ3v) is 6.62. The van der Waals surface area contributed by atoms with Gasteiger partial charge in [0.2, 0.25) is 0 Å². The molecule has 0 aliphatic heterocycles. The van der Waals surface area contributed by atoms with Crippen molar-refractivity contribution in [2.75, 3.05) is 6.61 Å². The average Bonchev–Trinajstić information content (AvgIpc) is 2.97. The minimum absolute atomic E-state index is 0. The van der Waals surface area contributed by atoms with Gasteiger partial charge in [-0.3, -0.25) is 0 Å². The van der Waals surface area contributed by atoms with Crippen LogP contribution in [0.2, 0.25) is 0 Å². The number of halogens is 1. The molecule has 0 aromatic rings. The molecule has 2 rings (SSSR count). The van der Waals surface area contributed by atoms with Crippen molar-refractivity contribution in [3.05, 3.63) is 44.2 Å². The Morgan fingerprint density at radius 2 is 1.71 bits per heavy atom. The molecule has 0 fully saturated rings. The van der Waals surface area contributed by atoms with Crippen LogP contribution >= 0.6 is 12.4 Å². The molecule has 93 valence electrons. The van der Waals surface area contributed by atoms with E-state index in [1.165, 1.54) is 12.8 Å². The van der Waals surface area contributed by atoms with Crippen molar-refractivity contribution in [1.29, 1.82) is 0 Å². The molecule has 17 heavy (non-hydrogen) atoms. The third kappa shape index (κ3) is 4.26. The Bertz CT molecular complexity index is 325. The first-order valence-electron chi connectivity index (χ1n) is 6.13.